The molecule has 0 aliphatic carbocycles. The number of amides is 2. The van der Waals surface area contributed by atoms with Gasteiger partial charge in [0.15, 0.2) is 0 Å². The standard InChI is InChI=1S/C28H40N2O2/c1-7-22(6)29-28(32)26(8-2)30(19-24-11-9-10-21(5)18-24)27(31)17-14-23-12-15-25(16-13-23)20(3)4/h9-13,15-16,18,20,22,26H,7-8,14,17,19H2,1-6H3,(H,29,32). The van der Waals surface area contributed by atoms with Crippen molar-refractivity contribution in [2.24, 2.45) is 0 Å². The lowest BCUT2D eigenvalue weighted by atomic mass is 10.00. The Labute approximate surface area is 194 Å². The summed E-state index contributed by atoms with van der Waals surface area (Å²) in [5.41, 5.74) is 4.65. The highest BCUT2D eigenvalue weighted by Crippen LogP contribution is 2.18. The number of nitrogens with zero attached hydrogens (tertiary/aromatic N) is 1. The molecule has 32 heavy (non-hydrogen) atoms. The summed E-state index contributed by atoms with van der Waals surface area (Å²) in [6.45, 7) is 12.9. The Morgan fingerprint density at radius 1 is 0.938 bits per heavy atom. The third-order valence-electron chi connectivity index (χ3n) is 6.10. The van der Waals surface area contributed by atoms with Crippen LogP contribution in [-0.4, -0.2) is 28.8 Å². The lowest BCUT2D eigenvalue weighted by molar-refractivity contribution is -0.141. The van der Waals surface area contributed by atoms with Crippen LogP contribution in [0.3, 0.4) is 0 Å². The second-order valence-electron chi connectivity index (χ2n) is 9.15. The predicted octanol–water partition coefficient (Wildman–Crippen LogP) is 5.77. The Morgan fingerprint density at radius 2 is 1.62 bits per heavy atom. The smallest absolute Gasteiger partial charge is 0.243 e. The molecule has 0 bridgehead atoms. The van der Waals surface area contributed by atoms with E-state index in [1.54, 1.807) is 4.90 Å². The van der Waals surface area contributed by atoms with E-state index in [4.69, 9.17) is 0 Å². The molecule has 0 radical (unpaired) electrons. The van der Waals surface area contributed by atoms with Crippen molar-refractivity contribution >= 4 is 11.8 Å². The molecule has 0 saturated heterocycles. The summed E-state index contributed by atoms with van der Waals surface area (Å²) < 4.78 is 0. The third kappa shape index (κ3) is 7.51. The van der Waals surface area contributed by atoms with Crippen LogP contribution in [0.5, 0.6) is 0 Å². The zero-order valence-electron chi connectivity index (χ0n) is 20.7. The van der Waals surface area contributed by atoms with E-state index in [1.807, 2.05) is 45.9 Å². The summed E-state index contributed by atoms with van der Waals surface area (Å²) in [6, 6.07) is 16.3. The molecule has 2 aromatic carbocycles. The summed E-state index contributed by atoms with van der Waals surface area (Å²) in [5, 5.41) is 3.07. The van der Waals surface area contributed by atoms with Gasteiger partial charge in [-0.3, -0.25) is 9.59 Å². The van der Waals surface area contributed by atoms with Gasteiger partial charge in [0.05, 0.1) is 0 Å². The van der Waals surface area contributed by atoms with Crippen molar-refractivity contribution in [2.45, 2.75) is 91.8 Å². The Bertz CT molecular complexity index is 873. The fraction of sp³-hybridized carbons (Fsp3) is 0.500. The van der Waals surface area contributed by atoms with E-state index in [9.17, 15) is 9.59 Å². The first-order chi connectivity index (χ1) is 15.2. The number of benzene rings is 2. The molecule has 4 heteroatoms. The van der Waals surface area contributed by atoms with Crippen molar-refractivity contribution in [3.63, 3.8) is 0 Å². The zero-order chi connectivity index (χ0) is 23.7. The second kappa shape index (κ2) is 12.4. The van der Waals surface area contributed by atoms with Gasteiger partial charge in [-0.25, -0.2) is 0 Å². The van der Waals surface area contributed by atoms with Crippen LogP contribution in [0.2, 0.25) is 0 Å². The van der Waals surface area contributed by atoms with Crippen LogP contribution in [0.1, 0.15) is 82.1 Å². The van der Waals surface area contributed by atoms with E-state index in [0.29, 0.717) is 31.7 Å². The molecule has 0 fully saturated rings. The molecule has 0 saturated carbocycles. The molecule has 2 amide bonds. The number of nitrogens with one attached hydrogen (secondary N) is 1. The molecule has 2 unspecified atom stereocenters. The number of hydrogen-bond donors (Lipinski definition) is 1. The van der Waals surface area contributed by atoms with Crippen LogP contribution in [0.15, 0.2) is 48.5 Å². The average molecular weight is 437 g/mol. The minimum Gasteiger partial charge on any atom is -0.352 e. The first-order valence-electron chi connectivity index (χ1n) is 12.0. The fourth-order valence-corrected chi connectivity index (χ4v) is 3.83. The van der Waals surface area contributed by atoms with Gasteiger partial charge in [-0.05, 0) is 55.7 Å². The van der Waals surface area contributed by atoms with Crippen molar-refractivity contribution in [3.8, 4) is 0 Å². The molecule has 0 aliphatic heterocycles. The van der Waals surface area contributed by atoms with Gasteiger partial charge in [-0.2, -0.15) is 0 Å². The lowest BCUT2D eigenvalue weighted by Crippen LogP contribution is -2.50. The quantitative estimate of drug-likeness (QED) is 0.486. The minimum atomic E-state index is -0.472. The van der Waals surface area contributed by atoms with E-state index >= 15 is 0 Å². The average Bonchev–Trinajstić information content (AvgIpc) is 2.77. The van der Waals surface area contributed by atoms with Gasteiger partial charge in [-0.1, -0.05) is 81.8 Å². The molecular weight excluding hydrogens is 396 g/mol. The van der Waals surface area contributed by atoms with Crippen LogP contribution >= 0.6 is 0 Å². The number of carbonyl (C=O) groups is 2. The number of rotatable bonds is 11. The largest absolute Gasteiger partial charge is 0.352 e. The molecule has 2 atom stereocenters. The first-order valence-corrected chi connectivity index (χ1v) is 12.0. The summed E-state index contributed by atoms with van der Waals surface area (Å²) in [4.78, 5) is 28.2. The van der Waals surface area contributed by atoms with Crippen molar-refractivity contribution in [2.75, 3.05) is 0 Å². The Morgan fingerprint density at radius 3 is 2.19 bits per heavy atom. The van der Waals surface area contributed by atoms with Gasteiger partial charge in [-0.15, -0.1) is 0 Å². The normalized spacial score (nSPS) is 13.0. The third-order valence-corrected chi connectivity index (χ3v) is 6.10. The van der Waals surface area contributed by atoms with Crippen molar-refractivity contribution in [3.05, 3.63) is 70.8 Å². The van der Waals surface area contributed by atoms with E-state index in [-0.39, 0.29) is 17.9 Å². The van der Waals surface area contributed by atoms with E-state index < -0.39 is 6.04 Å². The Hall–Kier alpha value is -2.62. The summed E-state index contributed by atoms with van der Waals surface area (Å²) in [5.74, 6) is 0.444. The number of hydrogen-bond acceptors (Lipinski definition) is 2. The van der Waals surface area contributed by atoms with Gasteiger partial charge >= 0.3 is 0 Å². The van der Waals surface area contributed by atoms with Crippen LogP contribution in [0, 0.1) is 6.92 Å². The molecule has 2 rings (SSSR count). The van der Waals surface area contributed by atoms with E-state index in [2.05, 4.69) is 49.5 Å². The topological polar surface area (TPSA) is 49.4 Å². The van der Waals surface area contributed by atoms with Gasteiger partial charge in [0, 0.05) is 19.0 Å². The van der Waals surface area contributed by atoms with Gasteiger partial charge in [0.1, 0.15) is 6.04 Å². The van der Waals surface area contributed by atoms with E-state index in [1.165, 1.54) is 5.56 Å². The second-order valence-corrected chi connectivity index (χ2v) is 9.15. The molecule has 4 nitrogen and oxygen atoms in total. The summed E-state index contributed by atoms with van der Waals surface area (Å²) >= 11 is 0. The Balaban J connectivity index is 2.19. The van der Waals surface area contributed by atoms with E-state index in [0.717, 1.165) is 23.1 Å². The molecular formula is C28H40N2O2. The zero-order valence-corrected chi connectivity index (χ0v) is 20.7. The highest BCUT2D eigenvalue weighted by molar-refractivity contribution is 5.87. The molecule has 0 heterocycles. The van der Waals surface area contributed by atoms with Crippen molar-refractivity contribution < 1.29 is 9.59 Å². The van der Waals surface area contributed by atoms with Crippen LogP contribution in [0.4, 0.5) is 0 Å². The molecule has 0 aromatic heterocycles. The molecule has 1 N–H and O–H groups in total. The molecule has 2 aromatic rings. The highest BCUT2D eigenvalue weighted by Gasteiger charge is 2.29. The van der Waals surface area contributed by atoms with Crippen LogP contribution in [0.25, 0.3) is 0 Å². The summed E-state index contributed by atoms with van der Waals surface area (Å²) in [6.07, 6.45) is 2.51. The van der Waals surface area contributed by atoms with Gasteiger partial charge in [0.25, 0.3) is 0 Å². The lowest BCUT2D eigenvalue weighted by Gasteiger charge is -2.31. The maximum atomic E-state index is 13.4. The van der Waals surface area contributed by atoms with Crippen LogP contribution < -0.4 is 5.32 Å². The Kier molecular flexibility index (Phi) is 9.96. The first kappa shape index (κ1) is 25.6. The van der Waals surface area contributed by atoms with Gasteiger partial charge in [0.2, 0.25) is 11.8 Å². The highest BCUT2D eigenvalue weighted by atomic mass is 16.2. The minimum absolute atomic E-state index is 0.0191. The predicted molar refractivity (Wildman–Crippen MR) is 133 cm³/mol. The number of carbonyl (C=O) groups excluding carboxylic acids is 2. The SMILES string of the molecule is CCC(C)NC(=O)C(CC)N(Cc1cccc(C)c1)C(=O)CCc1ccc(C(C)C)cc1. The van der Waals surface area contributed by atoms with Crippen molar-refractivity contribution in [1.82, 2.24) is 10.2 Å². The maximum absolute atomic E-state index is 13.4. The monoisotopic (exact) mass is 436 g/mol. The molecule has 0 spiro atoms. The number of aryl methyl sites for hydroxylation is 2. The molecule has 174 valence electrons. The molecule has 0 aliphatic rings. The van der Waals surface area contributed by atoms with Crippen LogP contribution in [-0.2, 0) is 22.6 Å². The van der Waals surface area contributed by atoms with Crippen molar-refractivity contribution in [1.29, 1.82) is 0 Å². The fourth-order valence-electron chi connectivity index (χ4n) is 3.83. The summed E-state index contributed by atoms with van der Waals surface area (Å²) in [7, 11) is 0. The maximum Gasteiger partial charge on any atom is 0.243 e. The van der Waals surface area contributed by atoms with Gasteiger partial charge < -0.3 is 10.2 Å².